The minimum absolute atomic E-state index is 0.322. The number of thiophene rings is 1. The summed E-state index contributed by atoms with van der Waals surface area (Å²) in [6.45, 7) is 0. The lowest BCUT2D eigenvalue weighted by Gasteiger charge is -2.02. The molecule has 2 rings (SSSR count). The Labute approximate surface area is 119 Å². The summed E-state index contributed by atoms with van der Waals surface area (Å²) >= 11 is 6.84. The van der Waals surface area contributed by atoms with E-state index in [0.29, 0.717) is 10.6 Å². The SMILES string of the molecule is O=C(Oc1cccc(I)c1)c1ccc(Br)s1. The molecule has 0 radical (unpaired) electrons. The predicted molar refractivity (Wildman–Crippen MR) is 76.1 cm³/mol. The summed E-state index contributed by atoms with van der Waals surface area (Å²) in [4.78, 5) is 12.3. The average Bonchev–Trinajstić information content (AvgIpc) is 2.65. The Morgan fingerprint density at radius 2 is 2.12 bits per heavy atom. The fourth-order valence-electron chi connectivity index (χ4n) is 1.11. The third-order valence-electron chi connectivity index (χ3n) is 1.78. The smallest absolute Gasteiger partial charge is 0.353 e. The van der Waals surface area contributed by atoms with Crippen molar-refractivity contribution in [2.75, 3.05) is 0 Å². The number of ether oxygens (including phenoxy) is 1. The Hall–Kier alpha value is -0.400. The molecule has 0 atom stereocenters. The van der Waals surface area contributed by atoms with E-state index in [9.17, 15) is 4.79 Å². The lowest BCUT2D eigenvalue weighted by molar-refractivity contribution is 0.0740. The van der Waals surface area contributed by atoms with Crippen molar-refractivity contribution in [3.63, 3.8) is 0 Å². The van der Waals surface area contributed by atoms with Crippen molar-refractivity contribution in [2.45, 2.75) is 0 Å². The minimum Gasteiger partial charge on any atom is -0.422 e. The van der Waals surface area contributed by atoms with E-state index in [1.54, 1.807) is 12.1 Å². The van der Waals surface area contributed by atoms with Gasteiger partial charge >= 0.3 is 5.97 Å². The van der Waals surface area contributed by atoms with Crippen LogP contribution < -0.4 is 4.74 Å². The highest BCUT2D eigenvalue weighted by Gasteiger charge is 2.10. The lowest BCUT2D eigenvalue weighted by Crippen LogP contribution is -2.06. The quantitative estimate of drug-likeness (QED) is 0.420. The van der Waals surface area contributed by atoms with Crippen molar-refractivity contribution in [2.24, 2.45) is 0 Å². The molecule has 0 fully saturated rings. The van der Waals surface area contributed by atoms with Crippen molar-refractivity contribution in [3.05, 3.63) is 48.6 Å². The molecule has 2 nitrogen and oxygen atoms in total. The lowest BCUT2D eigenvalue weighted by atomic mass is 10.3. The van der Waals surface area contributed by atoms with Crippen molar-refractivity contribution < 1.29 is 9.53 Å². The Bertz CT molecular complexity index is 524. The van der Waals surface area contributed by atoms with Crippen LogP contribution in [-0.2, 0) is 0 Å². The molecule has 0 amide bonds. The van der Waals surface area contributed by atoms with Gasteiger partial charge in [0, 0.05) is 3.57 Å². The van der Waals surface area contributed by atoms with Crippen molar-refractivity contribution in [1.82, 2.24) is 0 Å². The highest BCUT2D eigenvalue weighted by atomic mass is 127. The normalized spacial score (nSPS) is 10.1. The third-order valence-corrected chi connectivity index (χ3v) is 4.06. The van der Waals surface area contributed by atoms with Crippen molar-refractivity contribution >= 4 is 55.8 Å². The molecular weight excluding hydrogens is 403 g/mol. The van der Waals surface area contributed by atoms with Gasteiger partial charge in [-0.15, -0.1) is 11.3 Å². The zero-order valence-corrected chi connectivity index (χ0v) is 12.5. The van der Waals surface area contributed by atoms with Gasteiger partial charge in [-0.1, -0.05) is 6.07 Å². The largest absolute Gasteiger partial charge is 0.422 e. The number of halogens is 2. The van der Waals surface area contributed by atoms with Gasteiger partial charge in [-0.2, -0.15) is 0 Å². The average molecular weight is 409 g/mol. The molecule has 0 bridgehead atoms. The Balaban J connectivity index is 2.13. The van der Waals surface area contributed by atoms with E-state index in [-0.39, 0.29) is 5.97 Å². The van der Waals surface area contributed by atoms with Gasteiger partial charge in [0.2, 0.25) is 0 Å². The first kappa shape index (κ1) is 12.1. The highest BCUT2D eigenvalue weighted by Crippen LogP contribution is 2.24. The maximum absolute atomic E-state index is 11.7. The predicted octanol–water partition coefficient (Wildman–Crippen LogP) is 4.33. The molecule has 0 spiro atoms. The molecule has 1 aromatic heterocycles. The molecule has 0 aliphatic carbocycles. The zero-order valence-electron chi connectivity index (χ0n) is 7.94. The van der Waals surface area contributed by atoms with Crippen LogP contribution in [0.2, 0.25) is 0 Å². The van der Waals surface area contributed by atoms with Crippen LogP contribution in [0.4, 0.5) is 0 Å². The van der Waals surface area contributed by atoms with Crippen molar-refractivity contribution in [1.29, 1.82) is 0 Å². The maximum Gasteiger partial charge on any atom is 0.353 e. The Morgan fingerprint density at radius 3 is 2.75 bits per heavy atom. The first-order valence-corrected chi connectivity index (χ1v) is 7.07. The number of esters is 1. The summed E-state index contributed by atoms with van der Waals surface area (Å²) in [6, 6.07) is 11.0. The van der Waals surface area contributed by atoms with Gasteiger partial charge in [0.1, 0.15) is 10.6 Å². The van der Waals surface area contributed by atoms with E-state index in [2.05, 4.69) is 38.5 Å². The molecule has 0 N–H and O–H groups in total. The van der Waals surface area contributed by atoms with Crippen LogP contribution in [0, 0.1) is 3.57 Å². The van der Waals surface area contributed by atoms with Gasteiger partial charge in [-0.05, 0) is 68.9 Å². The Kier molecular flexibility index (Phi) is 3.99. The number of hydrogen-bond donors (Lipinski definition) is 0. The fraction of sp³-hybridized carbons (Fsp3) is 0. The topological polar surface area (TPSA) is 26.3 Å². The van der Waals surface area contributed by atoms with Gasteiger partial charge in [0.25, 0.3) is 0 Å². The molecule has 82 valence electrons. The van der Waals surface area contributed by atoms with Crippen LogP contribution in [0.15, 0.2) is 40.2 Å². The number of carbonyl (C=O) groups excluding carboxylic acids is 1. The molecule has 1 aromatic carbocycles. The minimum atomic E-state index is -0.322. The van der Waals surface area contributed by atoms with E-state index in [4.69, 9.17) is 4.74 Å². The van der Waals surface area contributed by atoms with Crippen LogP contribution in [0.1, 0.15) is 9.67 Å². The molecule has 0 aliphatic heterocycles. The summed E-state index contributed by atoms with van der Waals surface area (Å²) in [7, 11) is 0. The first-order chi connectivity index (χ1) is 7.65. The second-order valence-electron chi connectivity index (χ2n) is 2.95. The van der Waals surface area contributed by atoms with Crippen LogP contribution in [-0.4, -0.2) is 5.97 Å². The van der Waals surface area contributed by atoms with E-state index in [1.165, 1.54) is 11.3 Å². The molecule has 0 unspecified atom stereocenters. The maximum atomic E-state index is 11.7. The van der Waals surface area contributed by atoms with Crippen LogP contribution in [0.5, 0.6) is 5.75 Å². The van der Waals surface area contributed by atoms with E-state index >= 15 is 0 Å². The standard InChI is InChI=1S/C11H6BrIO2S/c12-10-5-4-9(16-10)11(14)15-8-3-1-2-7(13)6-8/h1-6H. The molecule has 2 aromatic rings. The van der Waals surface area contributed by atoms with E-state index in [1.807, 2.05) is 24.3 Å². The second-order valence-corrected chi connectivity index (χ2v) is 6.66. The van der Waals surface area contributed by atoms with Gasteiger partial charge in [0.15, 0.2) is 0 Å². The van der Waals surface area contributed by atoms with Gasteiger partial charge in [-0.3, -0.25) is 0 Å². The molecule has 0 aliphatic rings. The van der Waals surface area contributed by atoms with Gasteiger partial charge in [0.05, 0.1) is 3.79 Å². The van der Waals surface area contributed by atoms with Crippen LogP contribution in [0.3, 0.4) is 0 Å². The first-order valence-electron chi connectivity index (χ1n) is 4.38. The summed E-state index contributed by atoms with van der Waals surface area (Å²) in [5, 5.41) is 0. The Morgan fingerprint density at radius 1 is 1.31 bits per heavy atom. The van der Waals surface area contributed by atoms with Crippen LogP contribution in [0.25, 0.3) is 0 Å². The molecular formula is C11H6BrIO2S. The van der Waals surface area contributed by atoms with E-state index in [0.717, 1.165) is 7.36 Å². The molecule has 1 heterocycles. The summed E-state index contributed by atoms with van der Waals surface area (Å²) in [5.41, 5.74) is 0. The molecule has 0 saturated heterocycles. The summed E-state index contributed by atoms with van der Waals surface area (Å²) in [6.07, 6.45) is 0. The number of carbonyl (C=O) groups is 1. The zero-order chi connectivity index (χ0) is 11.5. The summed E-state index contributed by atoms with van der Waals surface area (Å²) in [5.74, 6) is 0.249. The fourth-order valence-corrected chi connectivity index (χ4v) is 2.89. The summed E-state index contributed by atoms with van der Waals surface area (Å²) < 4.78 is 7.20. The molecule has 5 heteroatoms. The second kappa shape index (κ2) is 5.29. The van der Waals surface area contributed by atoms with Crippen LogP contribution >= 0.6 is 49.9 Å². The number of hydrogen-bond acceptors (Lipinski definition) is 3. The third kappa shape index (κ3) is 3.05. The molecule has 16 heavy (non-hydrogen) atoms. The monoisotopic (exact) mass is 408 g/mol. The number of rotatable bonds is 2. The van der Waals surface area contributed by atoms with Gasteiger partial charge in [-0.25, -0.2) is 4.79 Å². The highest BCUT2D eigenvalue weighted by molar-refractivity contribution is 14.1. The number of benzene rings is 1. The van der Waals surface area contributed by atoms with Crippen molar-refractivity contribution in [3.8, 4) is 5.75 Å². The molecule has 0 saturated carbocycles. The van der Waals surface area contributed by atoms with E-state index < -0.39 is 0 Å². The van der Waals surface area contributed by atoms with Gasteiger partial charge < -0.3 is 4.74 Å².